The second kappa shape index (κ2) is 11.5. The van der Waals surface area contributed by atoms with Crippen LogP contribution in [0.3, 0.4) is 0 Å². The smallest absolute Gasteiger partial charge is 0.223 e. The summed E-state index contributed by atoms with van der Waals surface area (Å²) in [6.07, 6.45) is 13.9. The summed E-state index contributed by atoms with van der Waals surface area (Å²) < 4.78 is 13.4. The first-order valence-corrected chi connectivity index (χ1v) is 13.7. The highest BCUT2D eigenvalue weighted by Gasteiger charge is 2.38. The first-order valence-electron chi connectivity index (χ1n) is 13.7. The van der Waals surface area contributed by atoms with Gasteiger partial charge in [0.05, 0.1) is 11.4 Å². The predicted octanol–water partition coefficient (Wildman–Crippen LogP) is 7.17. The van der Waals surface area contributed by atoms with Crippen LogP contribution in [-0.2, 0) is 4.79 Å². The molecular formula is C30H42FN3O. The fraction of sp³-hybridized carbons (Fsp3) is 0.567. The lowest BCUT2D eigenvalue weighted by Crippen LogP contribution is -2.40. The monoisotopic (exact) mass is 479 g/mol. The van der Waals surface area contributed by atoms with E-state index >= 15 is 0 Å². The molecule has 5 heteroatoms. The number of allylic oxidation sites excluding steroid dienone is 4. The highest BCUT2D eigenvalue weighted by molar-refractivity contribution is 5.79. The Hall–Kier alpha value is -2.56. The van der Waals surface area contributed by atoms with Gasteiger partial charge in [0, 0.05) is 29.7 Å². The molecule has 0 saturated heterocycles. The largest absolute Gasteiger partial charge is 0.353 e. The first-order chi connectivity index (χ1) is 17.0. The van der Waals surface area contributed by atoms with Gasteiger partial charge in [-0.15, -0.1) is 0 Å². The Labute approximate surface area is 210 Å². The molecule has 4 rings (SSSR count). The molecule has 1 aliphatic heterocycles. The molecule has 0 radical (unpaired) electrons. The summed E-state index contributed by atoms with van der Waals surface area (Å²) in [6.45, 7) is 8.86. The predicted molar refractivity (Wildman–Crippen MR) is 142 cm³/mol. The number of carbonyl (C=O) groups is 1. The number of carbonyl (C=O) groups excluding carboxylic acids is 1. The number of nitrogens with one attached hydrogen (secondary N) is 2. The van der Waals surface area contributed by atoms with E-state index in [0.717, 1.165) is 63.5 Å². The Morgan fingerprint density at radius 2 is 1.80 bits per heavy atom. The summed E-state index contributed by atoms with van der Waals surface area (Å²) in [6, 6.07) is 6.88. The molecule has 1 aromatic rings. The molecule has 1 unspecified atom stereocenters. The number of halogens is 1. The van der Waals surface area contributed by atoms with Crippen LogP contribution in [0.4, 0.5) is 10.1 Å². The summed E-state index contributed by atoms with van der Waals surface area (Å²) in [4.78, 5) is 13.1. The zero-order valence-corrected chi connectivity index (χ0v) is 21.9. The molecular weight excluding hydrogens is 437 g/mol. The zero-order chi connectivity index (χ0) is 24.9. The van der Waals surface area contributed by atoms with E-state index < -0.39 is 0 Å². The average Bonchev–Trinajstić information content (AvgIpc) is 3.44. The molecule has 0 bridgehead atoms. The molecule has 1 amide bonds. The Morgan fingerprint density at radius 3 is 2.46 bits per heavy atom. The number of hydrogen-bond acceptors (Lipinski definition) is 3. The Balaban J connectivity index is 1.50. The van der Waals surface area contributed by atoms with Crippen molar-refractivity contribution in [3.8, 4) is 0 Å². The SMILES string of the molecule is CCCC(C[C@H]1CCC2=C1[C@@H](C)C1=CNN(c3ccc(F)cc3)C1=C2)NC(=O)C(CCC)CCC. The van der Waals surface area contributed by atoms with E-state index in [-0.39, 0.29) is 23.7 Å². The van der Waals surface area contributed by atoms with Gasteiger partial charge < -0.3 is 10.7 Å². The maximum Gasteiger partial charge on any atom is 0.223 e. The molecule has 0 fully saturated rings. The van der Waals surface area contributed by atoms with Crippen LogP contribution in [0.25, 0.3) is 0 Å². The maximum atomic E-state index is 13.4. The van der Waals surface area contributed by atoms with E-state index in [0.29, 0.717) is 11.8 Å². The fourth-order valence-electron chi connectivity index (χ4n) is 6.32. The van der Waals surface area contributed by atoms with Crippen LogP contribution in [0.2, 0.25) is 0 Å². The third-order valence-corrected chi connectivity index (χ3v) is 7.98. The second-order valence-corrected chi connectivity index (χ2v) is 10.5. The highest BCUT2D eigenvalue weighted by Crippen LogP contribution is 2.49. The van der Waals surface area contributed by atoms with Gasteiger partial charge in [-0.1, -0.05) is 52.5 Å². The maximum absolute atomic E-state index is 13.4. The summed E-state index contributed by atoms with van der Waals surface area (Å²) in [7, 11) is 0. The lowest BCUT2D eigenvalue weighted by Gasteiger charge is -2.31. The summed E-state index contributed by atoms with van der Waals surface area (Å²) in [5.74, 6) is 1.03. The van der Waals surface area contributed by atoms with E-state index in [1.807, 2.05) is 12.1 Å². The van der Waals surface area contributed by atoms with Crippen molar-refractivity contribution >= 4 is 11.6 Å². The van der Waals surface area contributed by atoms with E-state index in [1.54, 1.807) is 5.57 Å². The Kier molecular flexibility index (Phi) is 8.35. The first kappa shape index (κ1) is 25.5. The van der Waals surface area contributed by atoms with Crippen LogP contribution in [-0.4, -0.2) is 11.9 Å². The number of hydrazine groups is 1. The van der Waals surface area contributed by atoms with Gasteiger partial charge in [0.1, 0.15) is 5.82 Å². The number of anilines is 1. The molecule has 4 nitrogen and oxygen atoms in total. The third kappa shape index (κ3) is 5.49. The van der Waals surface area contributed by atoms with Gasteiger partial charge in [0.2, 0.25) is 5.91 Å². The van der Waals surface area contributed by atoms with Crippen molar-refractivity contribution in [1.29, 1.82) is 0 Å². The van der Waals surface area contributed by atoms with Gasteiger partial charge >= 0.3 is 0 Å². The molecule has 0 spiro atoms. The summed E-state index contributed by atoms with van der Waals surface area (Å²) in [5, 5.41) is 5.52. The van der Waals surface area contributed by atoms with E-state index in [2.05, 4.69) is 55.7 Å². The molecule has 190 valence electrons. The van der Waals surface area contributed by atoms with E-state index in [4.69, 9.17) is 0 Å². The molecule has 1 aromatic carbocycles. The minimum absolute atomic E-state index is 0.147. The Morgan fingerprint density at radius 1 is 1.11 bits per heavy atom. The number of rotatable bonds is 11. The molecule has 3 aliphatic rings. The van der Waals surface area contributed by atoms with Gasteiger partial charge in [0.25, 0.3) is 0 Å². The van der Waals surface area contributed by atoms with E-state index in [9.17, 15) is 9.18 Å². The van der Waals surface area contributed by atoms with Crippen molar-refractivity contribution < 1.29 is 9.18 Å². The average molecular weight is 480 g/mol. The normalized spacial score (nSPS) is 21.9. The van der Waals surface area contributed by atoms with Crippen LogP contribution in [0.5, 0.6) is 0 Å². The minimum Gasteiger partial charge on any atom is -0.353 e. The van der Waals surface area contributed by atoms with Crippen molar-refractivity contribution in [3.63, 3.8) is 0 Å². The fourth-order valence-corrected chi connectivity index (χ4v) is 6.32. The standard InChI is InChI=1S/C30H42FN3O/c1-5-8-21(9-6-2)30(35)33-25(10-7-3)17-22-11-12-23-18-28-27(20(4)29(22)23)19-32-34(28)26-15-13-24(31)14-16-26/h13-16,18-22,25,32H,5-12,17H2,1-4H3,(H,33,35)/t20-,22+,25?/m0/s1. The molecule has 3 atom stereocenters. The number of nitrogens with zero attached hydrogens (tertiary/aromatic N) is 1. The Bertz CT molecular complexity index is 987. The summed E-state index contributed by atoms with van der Waals surface area (Å²) in [5.41, 5.74) is 9.79. The van der Waals surface area contributed by atoms with Crippen molar-refractivity contribution in [2.24, 2.45) is 17.8 Å². The molecule has 35 heavy (non-hydrogen) atoms. The number of fused-ring (bicyclic) bond motifs is 1. The van der Waals surface area contributed by atoms with Gasteiger partial charge in [-0.25, -0.2) is 4.39 Å². The van der Waals surface area contributed by atoms with Crippen molar-refractivity contribution in [2.45, 2.75) is 91.5 Å². The van der Waals surface area contributed by atoms with Crippen molar-refractivity contribution in [1.82, 2.24) is 10.7 Å². The van der Waals surface area contributed by atoms with Gasteiger partial charge in [-0.2, -0.15) is 0 Å². The van der Waals surface area contributed by atoms with Crippen LogP contribution in [0.15, 0.2) is 59.0 Å². The van der Waals surface area contributed by atoms with Crippen LogP contribution >= 0.6 is 0 Å². The highest BCUT2D eigenvalue weighted by atomic mass is 19.1. The molecule has 1 heterocycles. The topological polar surface area (TPSA) is 44.4 Å². The van der Waals surface area contributed by atoms with Crippen molar-refractivity contribution in [2.75, 3.05) is 5.01 Å². The van der Waals surface area contributed by atoms with Gasteiger partial charge in [-0.05, 0) is 80.4 Å². The van der Waals surface area contributed by atoms with Crippen LogP contribution < -0.4 is 15.8 Å². The zero-order valence-electron chi connectivity index (χ0n) is 21.9. The number of benzene rings is 1. The van der Waals surface area contributed by atoms with E-state index in [1.165, 1.54) is 29.0 Å². The number of hydrogen-bond donors (Lipinski definition) is 2. The van der Waals surface area contributed by atoms with Crippen LogP contribution in [0.1, 0.15) is 85.5 Å². The number of amides is 1. The third-order valence-electron chi connectivity index (χ3n) is 7.98. The lowest BCUT2D eigenvalue weighted by molar-refractivity contribution is -0.126. The molecule has 0 saturated carbocycles. The molecule has 2 N–H and O–H groups in total. The van der Waals surface area contributed by atoms with Gasteiger partial charge in [0.15, 0.2) is 0 Å². The lowest BCUT2D eigenvalue weighted by atomic mass is 9.78. The molecule has 0 aromatic heterocycles. The van der Waals surface area contributed by atoms with Gasteiger partial charge in [-0.3, -0.25) is 9.80 Å². The molecule has 2 aliphatic carbocycles. The van der Waals surface area contributed by atoms with Crippen molar-refractivity contribution in [3.05, 3.63) is 64.8 Å². The summed E-state index contributed by atoms with van der Waals surface area (Å²) >= 11 is 0. The minimum atomic E-state index is -0.222. The quantitative estimate of drug-likeness (QED) is 0.354. The second-order valence-electron chi connectivity index (χ2n) is 10.5. The van der Waals surface area contributed by atoms with Crippen LogP contribution in [0, 0.1) is 23.6 Å².